The molecule has 9 N–H and O–H groups in total. The van der Waals surface area contributed by atoms with Crippen LogP contribution >= 0.6 is 34.8 Å². The number of nitrogens with zero attached hydrogens (tertiary/aromatic N) is 15. The van der Waals surface area contributed by atoms with Gasteiger partial charge in [-0.05, 0) is 162 Å². The summed E-state index contributed by atoms with van der Waals surface area (Å²) in [5.41, 5.74) is 2.64. The van der Waals surface area contributed by atoms with E-state index in [2.05, 4.69) is 111 Å². The van der Waals surface area contributed by atoms with Crippen LogP contribution < -0.4 is 46.1 Å². The second-order valence-corrected chi connectivity index (χ2v) is 36.0. The second kappa shape index (κ2) is 41.2. The van der Waals surface area contributed by atoms with E-state index in [0.717, 1.165) is 21.5 Å². The Morgan fingerprint density at radius 3 is 0.975 bits per heavy atom. The fourth-order valence-electron chi connectivity index (χ4n) is 12.7. The minimum Gasteiger partial charge on any atom is -0.483 e. The number of hydrogen-bond donors (Lipinski definition) is 9. The van der Waals surface area contributed by atoms with Crippen LogP contribution in [0, 0.1) is 17.5 Å². The highest BCUT2D eigenvalue weighted by atomic mass is 35.5. The maximum absolute atomic E-state index is 16.0. The number of methoxy groups -OCH3 is 3. The van der Waals surface area contributed by atoms with E-state index in [-0.39, 0.29) is 124 Å². The summed E-state index contributed by atoms with van der Waals surface area (Å²) in [4.78, 5) is 26.6. The minimum absolute atomic E-state index is 0.00307. The molecule has 0 spiro atoms. The Morgan fingerprint density at radius 1 is 0.443 bits per heavy atom. The van der Waals surface area contributed by atoms with Crippen LogP contribution in [0.4, 0.5) is 56.9 Å². The topological polar surface area (TPSA) is 379 Å². The van der Waals surface area contributed by atoms with Gasteiger partial charge in [0.05, 0.1) is 55.5 Å². The first kappa shape index (κ1) is 93.9. The Labute approximate surface area is 721 Å². The molecule has 44 heteroatoms. The molecule has 0 saturated carbocycles. The van der Waals surface area contributed by atoms with Gasteiger partial charge in [0.25, 0.3) is 0 Å². The lowest BCUT2D eigenvalue weighted by atomic mass is 10.0. The van der Waals surface area contributed by atoms with E-state index in [1.165, 1.54) is 62.0 Å². The van der Waals surface area contributed by atoms with Crippen molar-refractivity contribution in [2.45, 2.75) is 137 Å². The molecule has 3 aliphatic rings. The Kier molecular flexibility index (Phi) is 31.7. The highest BCUT2D eigenvalue weighted by Crippen LogP contribution is 2.42. The lowest BCUT2D eigenvalue weighted by Crippen LogP contribution is -2.34. The third-order valence-corrected chi connectivity index (χ3v) is 24.3. The van der Waals surface area contributed by atoms with Crippen LogP contribution in [0.25, 0.3) is 67.5 Å². The molecule has 660 valence electrons. The summed E-state index contributed by atoms with van der Waals surface area (Å²) in [5.74, 6) is -0.189. The number of anilines is 6. The van der Waals surface area contributed by atoms with Crippen LogP contribution in [0.5, 0.6) is 0 Å². The monoisotopic (exact) mass is 1810 g/mol. The number of benzene rings is 3. The molecule has 5 atom stereocenters. The number of nitrogens with one attached hydrogen (secondary N) is 9. The number of halogens is 8. The van der Waals surface area contributed by atoms with E-state index in [0.29, 0.717) is 119 Å². The molecule has 0 unspecified atom stereocenters. The van der Waals surface area contributed by atoms with Crippen molar-refractivity contribution in [1.29, 1.82) is 0 Å². The van der Waals surface area contributed by atoms with Gasteiger partial charge < -0.3 is 46.1 Å². The van der Waals surface area contributed by atoms with Crippen molar-refractivity contribution < 1.29 is 61.4 Å². The highest BCUT2D eigenvalue weighted by molar-refractivity contribution is 7.91. The van der Waals surface area contributed by atoms with Gasteiger partial charge in [-0.2, -0.15) is 53.5 Å². The van der Waals surface area contributed by atoms with Gasteiger partial charge in [0.2, 0.25) is 17.8 Å². The zero-order chi connectivity index (χ0) is 88.8. The van der Waals surface area contributed by atoms with Gasteiger partial charge in [-0.3, -0.25) is 28.2 Å². The molecular weight excluding hydrogens is 1710 g/mol. The van der Waals surface area contributed by atoms with E-state index in [9.17, 15) is 34.0 Å². The summed E-state index contributed by atoms with van der Waals surface area (Å²) in [5, 5.41) is 33.0. The van der Waals surface area contributed by atoms with Crippen molar-refractivity contribution in [3.8, 4) is 67.5 Å². The molecule has 0 radical (unpaired) electrons. The summed E-state index contributed by atoms with van der Waals surface area (Å²) >= 11 is 19.0. The van der Waals surface area contributed by atoms with Crippen LogP contribution in [0.15, 0.2) is 129 Å². The van der Waals surface area contributed by atoms with Crippen molar-refractivity contribution in [1.82, 2.24) is 88.1 Å². The number of alkyl halides is 2. The number of aromatic nitrogens is 12. The molecule has 0 amide bonds. The lowest BCUT2D eigenvalue weighted by molar-refractivity contribution is 0.255. The first-order valence-electron chi connectivity index (χ1n) is 38.8. The summed E-state index contributed by atoms with van der Waals surface area (Å²) in [6.07, 6.45) is 8.83. The fraction of sp³-hybridized carbons (Fsp3) is 0.423. The van der Waals surface area contributed by atoms with E-state index in [4.69, 9.17) is 49.0 Å². The van der Waals surface area contributed by atoms with Crippen LogP contribution in [0.1, 0.15) is 106 Å². The normalized spacial score (nSPS) is 16.0. The molecule has 33 nitrogen and oxygen atoms in total. The molecule has 3 fully saturated rings. The third-order valence-electron chi connectivity index (χ3n) is 19.1. The SMILES string of the molecule is C=C(N[C@@H](C)CNc1nccc(-c2nn(C(C)C)cc2-c2cc(Cl)cc(NS(=O)(=O)N3CCCC3)c2F)n1)OC.C=C(N[C@@H](C)CNc1nccc(-c2nn(C(C)C)cc2-c2cc(Cl)cc(NS(=O)(=O)N3CC[C@@H](F)C3)c2F)n1)OC.C=C(N[C@@H](C)CNc1nccc(-c2nn(C(C)C)cc2-c2cc(Cl)cc(NS(=O)(=O)N3CC[C@H](F)C3)c2F)n1)OC. The number of hydrogen-bond acceptors (Lipinski definition) is 24. The Morgan fingerprint density at radius 2 is 0.721 bits per heavy atom. The van der Waals surface area contributed by atoms with Gasteiger partial charge in [0, 0.05) is 181 Å². The first-order chi connectivity index (χ1) is 57.7. The Hall–Kier alpha value is -10.4. The quantitative estimate of drug-likeness (QED) is 0.0130. The summed E-state index contributed by atoms with van der Waals surface area (Å²) in [6, 6.07) is 12.5. The molecule has 0 aliphatic carbocycles. The molecular formula is C78H100Cl3F5N24O9S3. The standard InChI is InChI=1S/2C26H33ClF2N8O3S.C26H34ClFN8O3S/c2*1-15(2)37-14-21(25(34-37)22-6-8-30-26(33-22)31-12-16(3)32-17(4)40-5)20-10-18(27)11-23(24(20)29)35-41(38,39)36-9-7-19(28)13-36;1-16(2)36-15-21(20-12-19(27)13-23(24(20)28)34-40(37,38)35-10-6-7-11-35)25(33-36)22-8-9-29-26(32-22)30-14-17(3)31-18(4)39-5/h2*6,8,10-11,14-16,19,32,35H,4,7,9,12-13H2,1-3,5H3,(H,30,31,33);8-9,12-13,15-17,31,34H,4,6-7,10-11,14H2,1-3,5H3,(H,29,30,32)/t16-,19+;16-,19-;17-/m000/s1. The van der Waals surface area contributed by atoms with Crippen molar-refractivity contribution in [3.63, 3.8) is 0 Å². The molecule has 0 bridgehead atoms. The van der Waals surface area contributed by atoms with Crippen molar-refractivity contribution in [2.75, 3.05) is 110 Å². The number of ether oxygens (including phenoxy) is 3. The zero-order valence-corrected chi connectivity index (χ0v) is 73.9. The second-order valence-electron chi connectivity index (χ2n) is 29.7. The van der Waals surface area contributed by atoms with Gasteiger partial charge >= 0.3 is 30.6 Å². The lowest BCUT2D eigenvalue weighted by Gasteiger charge is -2.18. The largest absolute Gasteiger partial charge is 0.483 e. The third kappa shape index (κ3) is 24.3. The van der Waals surface area contributed by atoms with Gasteiger partial charge in [-0.15, -0.1) is 0 Å². The average molecular weight is 1820 g/mol. The molecule has 9 heterocycles. The van der Waals surface area contributed by atoms with Gasteiger partial charge in [0.15, 0.2) is 35.1 Å². The minimum atomic E-state index is -4.21. The van der Waals surface area contributed by atoms with Crippen LogP contribution in [0.3, 0.4) is 0 Å². The molecule has 9 aromatic rings. The van der Waals surface area contributed by atoms with E-state index < -0.39 is 60.4 Å². The molecule has 6 aromatic heterocycles. The predicted octanol–water partition coefficient (Wildman–Crippen LogP) is 13.8. The fourth-order valence-corrected chi connectivity index (χ4v) is 17.1. The van der Waals surface area contributed by atoms with Crippen molar-refractivity contribution >= 4 is 100 Å². The van der Waals surface area contributed by atoms with E-state index in [1.54, 1.807) is 69.4 Å². The molecule has 12 rings (SSSR count). The average Bonchev–Trinajstić information content (AvgIpc) is 1.60. The predicted molar refractivity (Wildman–Crippen MR) is 464 cm³/mol. The summed E-state index contributed by atoms with van der Waals surface area (Å²) < 4.78 is 183. The molecule has 3 saturated heterocycles. The summed E-state index contributed by atoms with van der Waals surface area (Å²) in [7, 11) is -7.78. The molecule has 3 aromatic carbocycles. The summed E-state index contributed by atoms with van der Waals surface area (Å²) in [6.45, 7) is 30.1. The highest BCUT2D eigenvalue weighted by Gasteiger charge is 2.36. The van der Waals surface area contributed by atoms with E-state index in [1.807, 2.05) is 62.3 Å². The Balaban J connectivity index is 0.000000192. The van der Waals surface area contributed by atoms with Gasteiger partial charge in [-0.1, -0.05) is 34.8 Å². The van der Waals surface area contributed by atoms with Gasteiger partial charge in [0.1, 0.15) is 29.4 Å². The smallest absolute Gasteiger partial charge is 0.301 e. The van der Waals surface area contributed by atoms with Crippen LogP contribution in [-0.4, -0.2) is 208 Å². The van der Waals surface area contributed by atoms with Crippen molar-refractivity contribution in [2.24, 2.45) is 0 Å². The van der Waals surface area contributed by atoms with Crippen LogP contribution in [0.2, 0.25) is 15.1 Å². The molecule has 122 heavy (non-hydrogen) atoms. The van der Waals surface area contributed by atoms with E-state index >= 15 is 13.2 Å². The van der Waals surface area contributed by atoms with Crippen LogP contribution in [-0.2, 0) is 44.8 Å². The molecule has 3 aliphatic heterocycles. The van der Waals surface area contributed by atoms with Crippen molar-refractivity contribution in [3.05, 3.63) is 162 Å². The zero-order valence-electron chi connectivity index (χ0n) is 69.2. The van der Waals surface area contributed by atoms with Gasteiger partial charge in [-0.25, -0.2) is 51.9 Å². The first-order valence-corrected chi connectivity index (χ1v) is 44.3. The maximum atomic E-state index is 16.0. The Bertz CT molecular complexity index is 5350. The number of rotatable bonds is 36. The maximum Gasteiger partial charge on any atom is 0.301 e.